The second-order valence-electron chi connectivity index (χ2n) is 4.74. The highest BCUT2D eigenvalue weighted by atomic mass is 32.1. The lowest BCUT2D eigenvalue weighted by molar-refractivity contribution is 0.418. The molecule has 2 nitrogen and oxygen atoms in total. The van der Waals surface area contributed by atoms with Crippen molar-refractivity contribution in [2.75, 3.05) is 7.11 Å². The summed E-state index contributed by atoms with van der Waals surface area (Å²) < 4.78 is 5.43. The maximum absolute atomic E-state index is 5.43. The lowest BCUT2D eigenvalue weighted by Gasteiger charge is -2.20. The van der Waals surface area contributed by atoms with Gasteiger partial charge in [-0.25, -0.2) is 4.98 Å². The molecule has 1 heterocycles. The lowest BCUT2D eigenvalue weighted by atomic mass is 9.90. The first-order valence-corrected chi connectivity index (χ1v) is 7.06. The highest BCUT2D eigenvalue weighted by molar-refractivity contribution is 7.79. The number of rotatable bonds is 2. The van der Waals surface area contributed by atoms with E-state index < -0.39 is 0 Å². The largest absolute Gasteiger partial charge is 0.494 e. The van der Waals surface area contributed by atoms with Crippen LogP contribution in [0.25, 0.3) is 10.9 Å². The minimum absolute atomic E-state index is 0.772. The Hall–Kier alpha value is -1.22. The molecule has 1 aliphatic rings. The Morgan fingerprint density at radius 2 is 2.11 bits per heavy atom. The molecule has 1 aliphatic carbocycles. The molecule has 0 radical (unpaired) electrons. The minimum Gasteiger partial charge on any atom is -0.494 e. The van der Waals surface area contributed by atoms with Gasteiger partial charge in [0.1, 0.15) is 11.3 Å². The van der Waals surface area contributed by atoms with Crippen LogP contribution in [0.4, 0.5) is 0 Å². The van der Waals surface area contributed by atoms with E-state index in [2.05, 4.69) is 18.7 Å². The molecule has 94 valence electrons. The highest BCUT2D eigenvalue weighted by Gasteiger charge is 2.18. The molecule has 0 fully saturated rings. The third-order valence-corrected chi connectivity index (χ3v) is 4.07. The Balaban J connectivity index is 2.36. The normalized spacial score (nSPS) is 14.6. The fourth-order valence-electron chi connectivity index (χ4n) is 2.86. The van der Waals surface area contributed by atoms with E-state index in [1.807, 2.05) is 12.1 Å². The van der Waals surface area contributed by atoms with Crippen molar-refractivity contribution in [3.63, 3.8) is 0 Å². The number of thiol groups is 1. The zero-order valence-electron chi connectivity index (χ0n) is 10.6. The van der Waals surface area contributed by atoms with Crippen LogP contribution in [0.2, 0.25) is 0 Å². The van der Waals surface area contributed by atoms with Crippen molar-refractivity contribution in [3.05, 3.63) is 35.0 Å². The van der Waals surface area contributed by atoms with Crippen LogP contribution < -0.4 is 4.74 Å². The molecule has 18 heavy (non-hydrogen) atoms. The molecule has 1 aromatic carbocycles. The van der Waals surface area contributed by atoms with Crippen molar-refractivity contribution in [2.45, 2.75) is 31.4 Å². The molecule has 0 atom stereocenters. The molecular weight excluding hydrogens is 242 g/mol. The smallest absolute Gasteiger partial charge is 0.145 e. The van der Waals surface area contributed by atoms with E-state index in [0.717, 1.165) is 29.9 Å². The quantitative estimate of drug-likeness (QED) is 0.833. The Morgan fingerprint density at radius 1 is 1.28 bits per heavy atom. The molecular formula is C15H17NOS. The van der Waals surface area contributed by atoms with Crippen LogP contribution in [0.3, 0.4) is 0 Å². The number of hydrogen-bond donors (Lipinski definition) is 1. The Bertz CT molecular complexity index is 595. The van der Waals surface area contributed by atoms with Gasteiger partial charge in [-0.3, -0.25) is 0 Å². The number of nitrogens with zero attached hydrogens (tertiary/aromatic N) is 1. The molecule has 0 N–H and O–H groups in total. The summed E-state index contributed by atoms with van der Waals surface area (Å²) in [6.07, 6.45) is 4.74. The van der Waals surface area contributed by atoms with E-state index in [9.17, 15) is 0 Å². The molecule has 0 saturated carbocycles. The van der Waals surface area contributed by atoms with Gasteiger partial charge in [0.25, 0.3) is 0 Å². The summed E-state index contributed by atoms with van der Waals surface area (Å²) in [7, 11) is 1.70. The van der Waals surface area contributed by atoms with E-state index in [-0.39, 0.29) is 0 Å². The first-order valence-electron chi connectivity index (χ1n) is 6.43. The summed E-state index contributed by atoms with van der Waals surface area (Å²) >= 11 is 4.51. The van der Waals surface area contributed by atoms with E-state index in [4.69, 9.17) is 9.72 Å². The number of pyridine rings is 1. The maximum atomic E-state index is 5.43. The van der Waals surface area contributed by atoms with Crippen molar-refractivity contribution >= 4 is 23.5 Å². The maximum Gasteiger partial charge on any atom is 0.145 e. The SMILES string of the molecule is COc1cccc2c(CS)c3c(nc12)CCCC3. The van der Waals surface area contributed by atoms with Crippen LogP contribution in [0, 0.1) is 0 Å². The molecule has 0 amide bonds. The number of benzene rings is 1. The topological polar surface area (TPSA) is 22.1 Å². The molecule has 0 unspecified atom stereocenters. The summed E-state index contributed by atoms with van der Waals surface area (Å²) in [5, 5.41) is 1.20. The molecule has 1 aromatic heterocycles. The Morgan fingerprint density at radius 3 is 2.89 bits per heavy atom. The molecule has 2 aromatic rings. The van der Waals surface area contributed by atoms with Gasteiger partial charge in [-0.1, -0.05) is 12.1 Å². The second kappa shape index (κ2) is 4.81. The zero-order valence-corrected chi connectivity index (χ0v) is 11.5. The van der Waals surface area contributed by atoms with Crippen LogP contribution >= 0.6 is 12.6 Å². The van der Waals surface area contributed by atoms with Crippen molar-refractivity contribution in [1.82, 2.24) is 4.98 Å². The predicted octanol–water partition coefficient (Wildman–Crippen LogP) is 3.55. The molecule has 3 rings (SSSR count). The van der Waals surface area contributed by atoms with Crippen LogP contribution in [-0.4, -0.2) is 12.1 Å². The Kier molecular flexibility index (Phi) is 3.16. The summed E-state index contributed by atoms with van der Waals surface area (Å²) in [6.45, 7) is 0. The fourth-order valence-corrected chi connectivity index (χ4v) is 3.22. The standard InChI is InChI=1S/C15H17NOS/c1-17-14-8-4-6-11-12(9-18)10-5-2-3-7-13(10)16-15(11)14/h4,6,8,18H,2-3,5,7,9H2,1H3. The van der Waals surface area contributed by atoms with E-state index in [0.29, 0.717) is 0 Å². The first-order chi connectivity index (χ1) is 8.85. The average molecular weight is 259 g/mol. The van der Waals surface area contributed by atoms with Crippen molar-refractivity contribution in [2.24, 2.45) is 0 Å². The number of aryl methyl sites for hydroxylation is 1. The van der Waals surface area contributed by atoms with Crippen LogP contribution in [0.1, 0.15) is 29.7 Å². The van der Waals surface area contributed by atoms with Gasteiger partial charge >= 0.3 is 0 Å². The number of ether oxygens (including phenoxy) is 1. The van der Waals surface area contributed by atoms with Gasteiger partial charge in [0.2, 0.25) is 0 Å². The third kappa shape index (κ3) is 1.77. The number of hydrogen-bond acceptors (Lipinski definition) is 3. The highest BCUT2D eigenvalue weighted by Crippen LogP contribution is 2.33. The van der Waals surface area contributed by atoms with Gasteiger partial charge < -0.3 is 4.74 Å². The number of fused-ring (bicyclic) bond motifs is 2. The number of aromatic nitrogens is 1. The number of para-hydroxylation sites is 1. The molecule has 0 saturated heterocycles. The summed E-state index contributed by atoms with van der Waals surface area (Å²) in [5.74, 6) is 1.64. The van der Waals surface area contributed by atoms with Crippen LogP contribution in [-0.2, 0) is 18.6 Å². The number of methoxy groups -OCH3 is 1. The van der Waals surface area contributed by atoms with Gasteiger partial charge in [0, 0.05) is 16.8 Å². The first kappa shape index (κ1) is 11.8. The van der Waals surface area contributed by atoms with Gasteiger partial charge in [0.15, 0.2) is 0 Å². The Labute approximate surface area is 113 Å². The van der Waals surface area contributed by atoms with E-state index >= 15 is 0 Å². The third-order valence-electron chi connectivity index (χ3n) is 3.75. The van der Waals surface area contributed by atoms with Gasteiger partial charge in [-0.15, -0.1) is 0 Å². The van der Waals surface area contributed by atoms with Gasteiger partial charge in [-0.05, 0) is 42.9 Å². The average Bonchev–Trinajstić information content (AvgIpc) is 2.44. The molecule has 0 bridgehead atoms. The predicted molar refractivity (Wildman–Crippen MR) is 77.6 cm³/mol. The van der Waals surface area contributed by atoms with Crippen LogP contribution in [0.5, 0.6) is 5.75 Å². The van der Waals surface area contributed by atoms with Gasteiger partial charge in [-0.2, -0.15) is 12.6 Å². The monoisotopic (exact) mass is 259 g/mol. The van der Waals surface area contributed by atoms with Gasteiger partial charge in [0.05, 0.1) is 7.11 Å². The zero-order chi connectivity index (χ0) is 12.5. The van der Waals surface area contributed by atoms with Crippen molar-refractivity contribution < 1.29 is 4.74 Å². The van der Waals surface area contributed by atoms with Crippen LogP contribution in [0.15, 0.2) is 18.2 Å². The minimum atomic E-state index is 0.772. The molecule has 0 aliphatic heterocycles. The van der Waals surface area contributed by atoms with Crippen molar-refractivity contribution in [3.8, 4) is 5.75 Å². The molecule has 0 spiro atoms. The fraction of sp³-hybridized carbons (Fsp3) is 0.400. The summed E-state index contributed by atoms with van der Waals surface area (Å²) in [4.78, 5) is 4.84. The van der Waals surface area contributed by atoms with E-state index in [1.165, 1.54) is 35.0 Å². The lowest BCUT2D eigenvalue weighted by Crippen LogP contribution is -2.09. The molecule has 3 heteroatoms. The summed E-state index contributed by atoms with van der Waals surface area (Å²) in [6, 6.07) is 6.14. The van der Waals surface area contributed by atoms with Crippen molar-refractivity contribution in [1.29, 1.82) is 0 Å². The van der Waals surface area contributed by atoms with E-state index in [1.54, 1.807) is 7.11 Å². The second-order valence-corrected chi connectivity index (χ2v) is 5.05. The summed E-state index contributed by atoms with van der Waals surface area (Å²) in [5.41, 5.74) is 5.01.